The van der Waals surface area contributed by atoms with E-state index >= 15 is 0 Å². The Morgan fingerprint density at radius 1 is 1.44 bits per heavy atom. The Labute approximate surface area is 98.0 Å². The third-order valence-corrected chi connectivity index (χ3v) is 2.76. The summed E-state index contributed by atoms with van der Waals surface area (Å²) in [6.07, 6.45) is 4.60. The van der Waals surface area contributed by atoms with Gasteiger partial charge in [-0.1, -0.05) is 13.0 Å². The lowest BCUT2D eigenvalue weighted by Gasteiger charge is -2.23. The Bertz CT molecular complexity index is 306. The van der Waals surface area contributed by atoms with Gasteiger partial charge in [0.25, 0.3) is 0 Å². The molecule has 1 aromatic heterocycles. The van der Waals surface area contributed by atoms with Crippen LogP contribution in [0.3, 0.4) is 0 Å². The molecule has 0 aliphatic rings. The minimum absolute atomic E-state index is 0.239. The molecule has 0 fully saturated rings. The zero-order chi connectivity index (χ0) is 12.0. The molecule has 0 aliphatic carbocycles. The van der Waals surface area contributed by atoms with Gasteiger partial charge in [0.15, 0.2) is 0 Å². The molecule has 1 atom stereocenters. The zero-order valence-electron chi connectivity index (χ0n) is 10.5. The Kier molecular flexibility index (Phi) is 4.90. The highest BCUT2D eigenvalue weighted by Crippen LogP contribution is 2.13. The number of nitrogens with zero attached hydrogens (tertiary/aromatic N) is 1. The summed E-state index contributed by atoms with van der Waals surface area (Å²) < 4.78 is 5.05. The van der Waals surface area contributed by atoms with Crippen molar-refractivity contribution in [3.05, 3.63) is 29.6 Å². The van der Waals surface area contributed by atoms with Crippen molar-refractivity contribution in [2.75, 3.05) is 13.7 Å². The van der Waals surface area contributed by atoms with Crippen LogP contribution >= 0.6 is 0 Å². The first-order valence-corrected chi connectivity index (χ1v) is 5.79. The van der Waals surface area contributed by atoms with E-state index < -0.39 is 0 Å². The predicted octanol–water partition coefficient (Wildman–Crippen LogP) is 1.94. The third-order valence-electron chi connectivity index (χ3n) is 2.76. The van der Waals surface area contributed by atoms with Crippen LogP contribution in [0.5, 0.6) is 0 Å². The van der Waals surface area contributed by atoms with Crippen molar-refractivity contribution in [1.82, 2.24) is 4.98 Å². The third kappa shape index (κ3) is 4.29. The maximum Gasteiger partial charge on any atom is 0.0479 e. The molecule has 0 saturated carbocycles. The van der Waals surface area contributed by atoms with Crippen LogP contribution in [0.2, 0.25) is 0 Å². The van der Waals surface area contributed by atoms with Gasteiger partial charge in [0.1, 0.15) is 0 Å². The number of ether oxygens (including phenoxy) is 1. The fraction of sp³-hybridized carbons (Fsp3) is 0.615. The molecule has 1 rings (SSSR count). The van der Waals surface area contributed by atoms with Gasteiger partial charge in [0, 0.05) is 37.6 Å². The number of hydrogen-bond acceptors (Lipinski definition) is 3. The van der Waals surface area contributed by atoms with Gasteiger partial charge in [0.05, 0.1) is 0 Å². The molecular formula is C13H22N2O. The molecule has 1 aromatic rings. The van der Waals surface area contributed by atoms with E-state index in [0.717, 1.165) is 25.0 Å². The molecule has 2 N–H and O–H groups in total. The minimum atomic E-state index is -0.239. The Balaban J connectivity index is 2.57. The van der Waals surface area contributed by atoms with Crippen molar-refractivity contribution in [1.29, 1.82) is 0 Å². The van der Waals surface area contributed by atoms with Crippen molar-refractivity contribution in [2.24, 2.45) is 5.73 Å². The molecule has 0 spiro atoms. The van der Waals surface area contributed by atoms with Crippen LogP contribution in [-0.2, 0) is 17.6 Å². The first kappa shape index (κ1) is 13.1. The van der Waals surface area contributed by atoms with Crippen LogP contribution in [0.1, 0.15) is 31.5 Å². The first-order chi connectivity index (χ1) is 7.57. The lowest BCUT2D eigenvalue weighted by atomic mass is 9.93. The molecular weight excluding hydrogens is 200 g/mol. The maximum absolute atomic E-state index is 6.19. The molecule has 3 nitrogen and oxygen atoms in total. The highest BCUT2D eigenvalue weighted by molar-refractivity contribution is 5.15. The van der Waals surface area contributed by atoms with Crippen molar-refractivity contribution in [2.45, 2.75) is 38.6 Å². The SMILES string of the molecule is CCc1ccc(CC(C)(N)CCOC)nc1. The molecule has 16 heavy (non-hydrogen) atoms. The largest absolute Gasteiger partial charge is 0.385 e. The molecule has 90 valence electrons. The molecule has 0 saturated heterocycles. The number of hydrogen-bond donors (Lipinski definition) is 1. The lowest BCUT2D eigenvalue weighted by molar-refractivity contribution is 0.171. The van der Waals surface area contributed by atoms with Gasteiger partial charge in [-0.15, -0.1) is 0 Å². The second-order valence-electron chi connectivity index (χ2n) is 4.58. The summed E-state index contributed by atoms with van der Waals surface area (Å²) in [5.41, 5.74) is 8.26. The molecule has 0 aliphatic heterocycles. The molecule has 0 bridgehead atoms. The van der Waals surface area contributed by atoms with E-state index in [1.165, 1.54) is 5.56 Å². The summed E-state index contributed by atoms with van der Waals surface area (Å²) in [5.74, 6) is 0. The number of aromatic nitrogens is 1. The molecule has 0 radical (unpaired) electrons. The highest BCUT2D eigenvalue weighted by Gasteiger charge is 2.19. The average Bonchev–Trinajstić information content (AvgIpc) is 2.27. The van der Waals surface area contributed by atoms with Crippen LogP contribution in [0.15, 0.2) is 18.3 Å². The average molecular weight is 222 g/mol. The fourth-order valence-electron chi connectivity index (χ4n) is 1.61. The Morgan fingerprint density at radius 3 is 2.69 bits per heavy atom. The predicted molar refractivity (Wildman–Crippen MR) is 66.4 cm³/mol. The zero-order valence-corrected chi connectivity index (χ0v) is 10.5. The van der Waals surface area contributed by atoms with Crippen molar-refractivity contribution >= 4 is 0 Å². The second kappa shape index (κ2) is 5.97. The van der Waals surface area contributed by atoms with Gasteiger partial charge >= 0.3 is 0 Å². The van der Waals surface area contributed by atoms with E-state index in [1.807, 2.05) is 13.1 Å². The number of pyridine rings is 1. The number of aryl methyl sites for hydroxylation is 1. The van der Waals surface area contributed by atoms with E-state index in [9.17, 15) is 0 Å². The van der Waals surface area contributed by atoms with Crippen molar-refractivity contribution in [3.8, 4) is 0 Å². The number of nitrogens with two attached hydrogens (primary N) is 1. The molecule has 1 unspecified atom stereocenters. The van der Waals surface area contributed by atoms with Crippen LogP contribution in [0.4, 0.5) is 0 Å². The summed E-state index contributed by atoms with van der Waals surface area (Å²) in [5, 5.41) is 0. The van der Waals surface area contributed by atoms with Gasteiger partial charge in [-0.3, -0.25) is 4.98 Å². The topological polar surface area (TPSA) is 48.1 Å². The van der Waals surface area contributed by atoms with Gasteiger partial charge in [-0.05, 0) is 31.4 Å². The summed E-state index contributed by atoms with van der Waals surface area (Å²) >= 11 is 0. The summed E-state index contributed by atoms with van der Waals surface area (Å²) in [6.45, 7) is 4.86. The molecule has 1 heterocycles. The van der Waals surface area contributed by atoms with Crippen molar-refractivity contribution < 1.29 is 4.74 Å². The standard InChI is InChI=1S/C13H22N2O/c1-4-11-5-6-12(15-10-11)9-13(2,14)7-8-16-3/h5-6,10H,4,7-9,14H2,1-3H3. The number of methoxy groups -OCH3 is 1. The minimum Gasteiger partial charge on any atom is -0.385 e. The van der Waals surface area contributed by atoms with E-state index in [-0.39, 0.29) is 5.54 Å². The summed E-state index contributed by atoms with van der Waals surface area (Å²) in [6, 6.07) is 4.19. The number of rotatable bonds is 6. The van der Waals surface area contributed by atoms with Crippen LogP contribution in [0.25, 0.3) is 0 Å². The van der Waals surface area contributed by atoms with Crippen LogP contribution in [0, 0.1) is 0 Å². The summed E-state index contributed by atoms with van der Waals surface area (Å²) in [4.78, 5) is 4.42. The van der Waals surface area contributed by atoms with E-state index in [4.69, 9.17) is 10.5 Å². The first-order valence-electron chi connectivity index (χ1n) is 5.79. The lowest BCUT2D eigenvalue weighted by Crippen LogP contribution is -2.39. The van der Waals surface area contributed by atoms with Crippen LogP contribution in [-0.4, -0.2) is 24.2 Å². The highest BCUT2D eigenvalue weighted by atomic mass is 16.5. The monoisotopic (exact) mass is 222 g/mol. The maximum atomic E-state index is 6.19. The van der Waals surface area contributed by atoms with E-state index in [1.54, 1.807) is 7.11 Å². The normalized spacial score (nSPS) is 14.8. The smallest absolute Gasteiger partial charge is 0.0479 e. The second-order valence-corrected chi connectivity index (χ2v) is 4.58. The van der Waals surface area contributed by atoms with Gasteiger partial charge in [-0.25, -0.2) is 0 Å². The van der Waals surface area contributed by atoms with E-state index in [0.29, 0.717) is 6.61 Å². The van der Waals surface area contributed by atoms with Gasteiger partial charge in [0.2, 0.25) is 0 Å². The van der Waals surface area contributed by atoms with Crippen LogP contribution < -0.4 is 5.73 Å². The Morgan fingerprint density at radius 2 is 2.19 bits per heavy atom. The van der Waals surface area contributed by atoms with Gasteiger partial charge < -0.3 is 10.5 Å². The summed E-state index contributed by atoms with van der Waals surface area (Å²) in [7, 11) is 1.70. The molecule has 0 aromatic carbocycles. The molecule has 3 heteroatoms. The quantitative estimate of drug-likeness (QED) is 0.800. The fourth-order valence-corrected chi connectivity index (χ4v) is 1.61. The van der Waals surface area contributed by atoms with Gasteiger partial charge in [-0.2, -0.15) is 0 Å². The Hall–Kier alpha value is -0.930. The van der Waals surface area contributed by atoms with Crippen molar-refractivity contribution in [3.63, 3.8) is 0 Å². The van der Waals surface area contributed by atoms with E-state index in [2.05, 4.69) is 24.0 Å². The molecule has 0 amide bonds.